The van der Waals surface area contributed by atoms with Crippen molar-refractivity contribution < 1.29 is 14.2 Å². The SMILES string of the molecule is N#Cc1ccc(F)c(C2(O)CC3CCC(C2)O3)c1. The zero-order chi connectivity index (χ0) is 12.8. The van der Waals surface area contributed by atoms with Gasteiger partial charge < -0.3 is 9.84 Å². The van der Waals surface area contributed by atoms with Crippen LogP contribution in [0.2, 0.25) is 0 Å². The van der Waals surface area contributed by atoms with Gasteiger partial charge in [0.05, 0.1) is 29.4 Å². The van der Waals surface area contributed by atoms with E-state index in [1.807, 2.05) is 6.07 Å². The summed E-state index contributed by atoms with van der Waals surface area (Å²) in [6.45, 7) is 0. The molecule has 2 heterocycles. The maximum Gasteiger partial charge on any atom is 0.129 e. The number of nitrogens with zero attached hydrogens (tertiary/aromatic N) is 1. The number of halogens is 1. The van der Waals surface area contributed by atoms with E-state index >= 15 is 0 Å². The standard InChI is InChI=1S/C14H14FNO2/c15-13-4-1-9(8-16)5-12(13)14(17)6-10-2-3-11(7-14)18-10/h1,4-5,10-11,17H,2-3,6-7H2. The molecule has 0 aromatic heterocycles. The maximum atomic E-state index is 13.9. The molecule has 2 aliphatic rings. The summed E-state index contributed by atoms with van der Waals surface area (Å²) in [6.07, 6.45) is 2.70. The third-order valence-corrected chi connectivity index (χ3v) is 3.92. The molecule has 0 amide bonds. The van der Waals surface area contributed by atoms with Gasteiger partial charge in [-0.2, -0.15) is 5.26 Å². The first kappa shape index (κ1) is 11.6. The lowest BCUT2D eigenvalue weighted by Gasteiger charge is -2.37. The van der Waals surface area contributed by atoms with Crippen molar-refractivity contribution in [2.45, 2.75) is 43.5 Å². The summed E-state index contributed by atoms with van der Waals surface area (Å²) in [5.74, 6) is -0.446. The van der Waals surface area contributed by atoms with E-state index in [2.05, 4.69) is 0 Å². The predicted molar refractivity (Wildman–Crippen MR) is 62.1 cm³/mol. The Balaban J connectivity index is 2.01. The summed E-state index contributed by atoms with van der Waals surface area (Å²) in [4.78, 5) is 0. The van der Waals surface area contributed by atoms with Gasteiger partial charge in [0.15, 0.2) is 0 Å². The van der Waals surface area contributed by atoms with E-state index in [0.717, 1.165) is 12.8 Å². The lowest BCUT2D eigenvalue weighted by molar-refractivity contribution is -0.116. The monoisotopic (exact) mass is 247 g/mol. The molecule has 1 aromatic carbocycles. The summed E-state index contributed by atoms with van der Waals surface area (Å²) in [7, 11) is 0. The molecule has 94 valence electrons. The van der Waals surface area contributed by atoms with Gasteiger partial charge in [-0.1, -0.05) is 0 Å². The van der Waals surface area contributed by atoms with E-state index < -0.39 is 11.4 Å². The summed E-state index contributed by atoms with van der Waals surface area (Å²) in [5.41, 5.74) is -0.582. The van der Waals surface area contributed by atoms with Crippen molar-refractivity contribution in [1.29, 1.82) is 5.26 Å². The van der Waals surface area contributed by atoms with Crippen LogP contribution in [-0.2, 0) is 10.3 Å². The number of ether oxygens (including phenoxy) is 1. The van der Waals surface area contributed by atoms with Gasteiger partial charge >= 0.3 is 0 Å². The predicted octanol–water partition coefficient (Wildman–Crippen LogP) is 2.23. The van der Waals surface area contributed by atoms with Crippen LogP contribution in [0.15, 0.2) is 18.2 Å². The van der Waals surface area contributed by atoms with Crippen molar-refractivity contribution in [2.24, 2.45) is 0 Å². The van der Waals surface area contributed by atoms with Crippen molar-refractivity contribution in [1.82, 2.24) is 0 Å². The highest BCUT2D eigenvalue weighted by Crippen LogP contribution is 2.44. The van der Waals surface area contributed by atoms with Crippen LogP contribution in [0.1, 0.15) is 36.8 Å². The molecule has 2 unspecified atom stereocenters. The minimum atomic E-state index is -1.19. The van der Waals surface area contributed by atoms with Crippen LogP contribution in [0.3, 0.4) is 0 Å². The second-order valence-corrected chi connectivity index (χ2v) is 5.20. The first-order chi connectivity index (χ1) is 8.60. The molecule has 2 atom stereocenters. The number of fused-ring (bicyclic) bond motifs is 2. The largest absolute Gasteiger partial charge is 0.385 e. The Morgan fingerprint density at radius 1 is 1.33 bits per heavy atom. The highest BCUT2D eigenvalue weighted by Gasteiger charge is 2.45. The molecule has 0 radical (unpaired) electrons. The lowest BCUT2D eigenvalue weighted by Crippen LogP contribution is -2.39. The van der Waals surface area contributed by atoms with E-state index in [9.17, 15) is 9.50 Å². The van der Waals surface area contributed by atoms with E-state index in [0.29, 0.717) is 18.4 Å². The number of aliphatic hydroxyl groups is 1. The fraction of sp³-hybridized carbons (Fsp3) is 0.500. The number of hydrogen-bond acceptors (Lipinski definition) is 3. The van der Waals surface area contributed by atoms with Crippen molar-refractivity contribution in [2.75, 3.05) is 0 Å². The van der Waals surface area contributed by atoms with Gasteiger partial charge in [0.25, 0.3) is 0 Å². The zero-order valence-corrected chi connectivity index (χ0v) is 9.90. The van der Waals surface area contributed by atoms with Crippen molar-refractivity contribution in [3.8, 4) is 6.07 Å². The molecule has 0 saturated carbocycles. The average Bonchev–Trinajstić information content (AvgIpc) is 2.70. The normalized spacial score (nSPS) is 34.3. The van der Waals surface area contributed by atoms with Crippen LogP contribution in [0.25, 0.3) is 0 Å². The minimum Gasteiger partial charge on any atom is -0.385 e. The third kappa shape index (κ3) is 1.80. The van der Waals surface area contributed by atoms with Crippen LogP contribution in [0, 0.1) is 17.1 Å². The second-order valence-electron chi connectivity index (χ2n) is 5.20. The van der Waals surface area contributed by atoms with Gasteiger partial charge in [-0.15, -0.1) is 0 Å². The summed E-state index contributed by atoms with van der Waals surface area (Å²) < 4.78 is 19.6. The second kappa shape index (κ2) is 4.04. The maximum absolute atomic E-state index is 13.9. The van der Waals surface area contributed by atoms with Crippen molar-refractivity contribution >= 4 is 0 Å². The van der Waals surface area contributed by atoms with Gasteiger partial charge in [0.1, 0.15) is 5.82 Å². The van der Waals surface area contributed by atoms with Gasteiger partial charge in [-0.3, -0.25) is 0 Å². The highest BCUT2D eigenvalue weighted by atomic mass is 19.1. The lowest BCUT2D eigenvalue weighted by atomic mass is 9.82. The Morgan fingerprint density at radius 2 is 2.00 bits per heavy atom. The van der Waals surface area contributed by atoms with Crippen LogP contribution in [0.5, 0.6) is 0 Å². The third-order valence-electron chi connectivity index (χ3n) is 3.92. The molecule has 2 fully saturated rings. The van der Waals surface area contributed by atoms with Gasteiger partial charge in [-0.25, -0.2) is 4.39 Å². The summed E-state index contributed by atoms with van der Waals surface area (Å²) >= 11 is 0. The van der Waals surface area contributed by atoms with Gasteiger partial charge in [0.2, 0.25) is 0 Å². The summed E-state index contributed by atoms with van der Waals surface area (Å²) in [5, 5.41) is 19.6. The van der Waals surface area contributed by atoms with Gasteiger partial charge in [0, 0.05) is 18.4 Å². The minimum absolute atomic E-state index is 0.0129. The average molecular weight is 247 g/mol. The molecule has 0 spiro atoms. The first-order valence-corrected chi connectivity index (χ1v) is 6.19. The Bertz CT molecular complexity index is 511. The molecule has 0 aliphatic carbocycles. The molecule has 2 bridgehead atoms. The van der Waals surface area contributed by atoms with E-state index in [-0.39, 0.29) is 17.8 Å². The zero-order valence-electron chi connectivity index (χ0n) is 9.90. The van der Waals surface area contributed by atoms with Gasteiger partial charge in [-0.05, 0) is 31.0 Å². The van der Waals surface area contributed by atoms with Crippen LogP contribution in [0.4, 0.5) is 4.39 Å². The Hall–Kier alpha value is -1.44. The quantitative estimate of drug-likeness (QED) is 0.828. The molecule has 3 rings (SSSR count). The molecule has 3 nitrogen and oxygen atoms in total. The molecule has 1 N–H and O–H groups in total. The Kier molecular flexibility index (Phi) is 2.61. The summed E-state index contributed by atoms with van der Waals surface area (Å²) in [6, 6.07) is 6.12. The van der Waals surface area contributed by atoms with Crippen LogP contribution in [-0.4, -0.2) is 17.3 Å². The Labute approximate surface area is 105 Å². The van der Waals surface area contributed by atoms with E-state index in [1.54, 1.807) is 0 Å². The number of nitriles is 1. The molecule has 1 aromatic rings. The highest BCUT2D eigenvalue weighted by molar-refractivity contribution is 5.37. The van der Waals surface area contributed by atoms with Crippen molar-refractivity contribution in [3.63, 3.8) is 0 Å². The molecular weight excluding hydrogens is 233 g/mol. The van der Waals surface area contributed by atoms with Crippen molar-refractivity contribution in [3.05, 3.63) is 35.1 Å². The molecule has 2 saturated heterocycles. The molecule has 18 heavy (non-hydrogen) atoms. The topological polar surface area (TPSA) is 53.2 Å². The Morgan fingerprint density at radius 3 is 2.61 bits per heavy atom. The molecule has 4 heteroatoms. The number of benzene rings is 1. The molecule has 2 aliphatic heterocycles. The smallest absolute Gasteiger partial charge is 0.129 e. The fourth-order valence-electron chi connectivity index (χ4n) is 3.09. The van der Waals surface area contributed by atoms with Crippen LogP contribution < -0.4 is 0 Å². The first-order valence-electron chi connectivity index (χ1n) is 6.19. The van der Waals surface area contributed by atoms with E-state index in [4.69, 9.17) is 10.00 Å². The number of rotatable bonds is 1. The molecular formula is C14H14FNO2. The number of hydrogen-bond donors (Lipinski definition) is 1. The van der Waals surface area contributed by atoms with E-state index in [1.165, 1.54) is 18.2 Å². The fourth-order valence-corrected chi connectivity index (χ4v) is 3.09. The van der Waals surface area contributed by atoms with Crippen LogP contribution >= 0.6 is 0 Å².